The highest BCUT2D eigenvalue weighted by molar-refractivity contribution is 8.25. The minimum atomic E-state index is -0.994. The van der Waals surface area contributed by atoms with Crippen molar-refractivity contribution in [1.82, 2.24) is 0 Å². The highest BCUT2D eigenvalue weighted by Crippen LogP contribution is 2.12. The molecule has 83 valence electrons. The van der Waals surface area contributed by atoms with Crippen LogP contribution in [0, 0.1) is 0 Å². The van der Waals surface area contributed by atoms with Gasteiger partial charge in [0.25, 0.3) is 0 Å². The molecule has 0 bridgehead atoms. The van der Waals surface area contributed by atoms with E-state index in [0.29, 0.717) is 0 Å². The minimum Gasteiger partial charge on any atom is -0.690 e. The quantitative estimate of drug-likeness (QED) is 0.313. The molecule has 0 saturated carbocycles. The summed E-state index contributed by atoms with van der Waals surface area (Å²) in [7, 11) is 84.5. The average Bonchev–Trinajstić information content (AvgIpc) is 2.48. The lowest BCUT2D eigenvalue weighted by Gasteiger charge is -2.51. The van der Waals surface area contributed by atoms with Gasteiger partial charge in [-0.15, -0.1) is 0 Å². The predicted molar refractivity (Wildman–Crippen MR) is 155 cm³/mol. The molecule has 0 spiro atoms. The largest absolute Gasteiger partial charge is 0.690 e. The Morgan fingerprint density at radius 2 is 0.741 bits per heavy atom. The van der Waals surface area contributed by atoms with Gasteiger partial charge in [-0.2, -0.15) is 0 Å². The van der Waals surface area contributed by atoms with Gasteiger partial charge in [-0.05, 0) is 163 Å². The number of rotatable bonds is 12. The van der Waals surface area contributed by atoms with Crippen molar-refractivity contribution in [1.29, 1.82) is 0 Å². The number of hydrogen-bond donors (Lipinski definition) is 0. The molecule has 0 fully saturated rings. The van der Waals surface area contributed by atoms with Crippen molar-refractivity contribution < 1.29 is 0 Å². The Balaban J connectivity index is 6.66. The zero-order valence-corrected chi connectivity index (χ0v) is 15.6. The van der Waals surface area contributed by atoms with E-state index in [9.17, 15) is 0 Å². The van der Waals surface area contributed by atoms with Crippen LogP contribution in [0.2, 0.25) is 0 Å². The molecule has 0 nitrogen and oxygen atoms in total. The summed E-state index contributed by atoms with van der Waals surface area (Å²) in [6.07, 6.45) is -10.5. The maximum absolute atomic E-state index is 6.24. The molecule has 0 heterocycles. The molecule has 0 saturated heterocycles. The van der Waals surface area contributed by atoms with Crippen LogP contribution in [-0.4, -0.2) is 192 Å². The van der Waals surface area contributed by atoms with Gasteiger partial charge in [0.15, 0.2) is 0 Å². The van der Waals surface area contributed by atoms with Gasteiger partial charge in [0.1, 0.15) is 0 Å². The van der Waals surface area contributed by atoms with Crippen molar-refractivity contribution in [3.05, 3.63) is 0 Å². The normalized spacial score (nSPS) is 9.41. The molecule has 0 rings (SSSR count). The van der Waals surface area contributed by atoms with Crippen molar-refractivity contribution in [2.75, 3.05) is 0 Å². The maximum atomic E-state index is 6.24. The average molecular weight is 292 g/mol. The summed E-state index contributed by atoms with van der Waals surface area (Å²) in [4.78, 5) is 0. The summed E-state index contributed by atoms with van der Waals surface area (Å²) < 4.78 is 0. The lowest BCUT2D eigenvalue weighted by atomic mass is 8.33. The molecule has 0 N–H and O–H groups in total. The first kappa shape index (κ1) is 28.8. The first-order valence-electron chi connectivity index (χ1n) is 8.67. The summed E-state index contributed by atoms with van der Waals surface area (Å²) in [5.74, 6) is 0. The fourth-order valence-corrected chi connectivity index (χ4v) is 3.98. The first-order valence-corrected chi connectivity index (χ1v) is 8.67. The van der Waals surface area contributed by atoms with Crippen LogP contribution in [0.25, 0.3) is 0 Å². The van der Waals surface area contributed by atoms with Gasteiger partial charge >= 0.3 is 0 Å². The second-order valence-electron chi connectivity index (χ2n) is 7.12. The fourth-order valence-electron chi connectivity index (χ4n) is 3.98. The lowest BCUT2D eigenvalue weighted by molar-refractivity contribution is 3.27. The van der Waals surface area contributed by atoms with Gasteiger partial charge in [0.05, 0.1) is 0 Å². The molecular formula is B27-2. The van der Waals surface area contributed by atoms with Crippen LogP contribution in [0.4, 0.5) is 0 Å². The van der Waals surface area contributed by atoms with Crippen LogP contribution < -0.4 is 0 Å². The van der Waals surface area contributed by atoms with E-state index in [-0.39, 0.29) is 0 Å². The molecule has 0 aromatic rings. The van der Waals surface area contributed by atoms with Crippen LogP contribution in [0.5, 0.6) is 0 Å². The van der Waals surface area contributed by atoms with Crippen molar-refractivity contribution >= 4 is 192 Å². The van der Waals surface area contributed by atoms with E-state index >= 15 is 0 Å². The molecule has 0 amide bonds. The van der Waals surface area contributed by atoms with Gasteiger partial charge in [-0.3, -0.25) is 7.06 Å². The first-order chi connectivity index (χ1) is 12.3. The summed E-state index contributed by atoms with van der Waals surface area (Å²) in [6, 6.07) is 0. The molecule has 0 aromatic carbocycles. The SMILES string of the molecule is [B]B([B])B(B([B])[B])B(B(B([B])[B])B([B])[B])B(B([B])[B][B-])B(B([B])[B])B([B])[B-]. The van der Waals surface area contributed by atoms with Gasteiger partial charge in [0, 0.05) is 0 Å². The van der Waals surface area contributed by atoms with Gasteiger partial charge in [-0.25, -0.2) is 6.39 Å². The third-order valence-corrected chi connectivity index (χ3v) is 5.11. The summed E-state index contributed by atoms with van der Waals surface area (Å²) in [5, 5.41) is 0. The highest BCUT2D eigenvalue weighted by atomic mass is 13.3. The van der Waals surface area contributed by atoms with Gasteiger partial charge in [0.2, 0.25) is 0 Å². The van der Waals surface area contributed by atoms with Crippen molar-refractivity contribution in [3.8, 4) is 0 Å². The van der Waals surface area contributed by atoms with E-state index < -0.39 is 76.6 Å². The van der Waals surface area contributed by atoms with E-state index in [1.807, 2.05) is 0 Å². The molecule has 0 unspecified atom stereocenters. The Hall–Kier alpha value is 1.75. The second-order valence-corrected chi connectivity index (χ2v) is 7.12. The van der Waals surface area contributed by atoms with E-state index in [2.05, 4.69) is 0 Å². The van der Waals surface area contributed by atoms with Crippen LogP contribution >= 0.6 is 0 Å². The minimum absolute atomic E-state index is 0.724. The topological polar surface area (TPSA) is 0 Å². The van der Waals surface area contributed by atoms with Crippen molar-refractivity contribution in [2.24, 2.45) is 0 Å². The molecule has 0 aromatic heterocycles. The third kappa shape index (κ3) is 8.07. The Morgan fingerprint density at radius 1 is 0.444 bits per heavy atom. The Kier molecular flexibility index (Phi) is 14.1. The molecule has 27 heavy (non-hydrogen) atoms. The van der Waals surface area contributed by atoms with Gasteiger partial charge in [-0.1, -0.05) is 0 Å². The zero-order chi connectivity index (χ0) is 21.6. The predicted octanol–water partition coefficient (Wildman–Crippen LogP) is -10.3. The van der Waals surface area contributed by atoms with Crippen molar-refractivity contribution in [2.45, 2.75) is 0 Å². The lowest BCUT2D eigenvalue weighted by Crippen LogP contribution is -2.86. The fraction of sp³-hybridized carbons (Fsp3) is 0. The molecule has 0 atom stereocenters. The Labute approximate surface area is 191 Å². The van der Waals surface area contributed by atoms with Crippen LogP contribution in [0.1, 0.15) is 0 Å². The summed E-state index contributed by atoms with van der Waals surface area (Å²) in [5.41, 5.74) is 0. The van der Waals surface area contributed by atoms with E-state index in [0.717, 1.165) is 0 Å². The standard InChI is InChI=1S/B27/c1-15-22(14)26(23(16(2)3)17(4)5)27(24(18(6)7)19(8)9)25(20(10)11)21(12)13/q-2. The third-order valence-electron chi connectivity index (χ3n) is 5.11. The zero-order valence-electron chi connectivity index (χ0n) is 15.6. The summed E-state index contributed by atoms with van der Waals surface area (Å²) >= 11 is 0. The highest BCUT2D eigenvalue weighted by Gasteiger charge is 2.48. The van der Waals surface area contributed by atoms with Gasteiger partial charge < -0.3 is 15.5 Å². The number of hydrogen-bond acceptors (Lipinski definition) is 0. The van der Waals surface area contributed by atoms with E-state index in [1.165, 1.54) is 7.06 Å². The monoisotopic (exact) mass is 297 g/mol. The van der Waals surface area contributed by atoms with Crippen LogP contribution in [-0.2, 0) is 0 Å². The molecule has 27 heteroatoms. The maximum Gasteiger partial charge on any atom is -0.0000000000945 e. The molecule has 0 aliphatic rings. The molecule has 0 aliphatic carbocycles. The van der Waals surface area contributed by atoms with E-state index in [1.54, 1.807) is 0 Å². The van der Waals surface area contributed by atoms with Crippen LogP contribution in [0.15, 0.2) is 0 Å². The van der Waals surface area contributed by atoms with Crippen LogP contribution in [0.3, 0.4) is 0 Å². The Bertz CT molecular complexity index is 329. The smallest absolute Gasteiger partial charge is 0.0000000000945 e. The van der Waals surface area contributed by atoms with Crippen molar-refractivity contribution in [3.63, 3.8) is 0 Å². The van der Waals surface area contributed by atoms with E-state index in [4.69, 9.17) is 108 Å². The Morgan fingerprint density at radius 3 is 0.926 bits per heavy atom. The summed E-state index contributed by atoms with van der Waals surface area (Å²) in [6.45, 7) is 0. The molecular weight excluding hydrogens is 292 g/mol. The molecule has 31 radical (unpaired) electrons. The molecule has 0 aliphatic heterocycles. The second kappa shape index (κ2) is 13.2.